The maximum atomic E-state index is 9.22. The van der Waals surface area contributed by atoms with E-state index in [0.29, 0.717) is 6.42 Å². The number of hydrogen-bond acceptors (Lipinski definition) is 3. The maximum Gasteiger partial charge on any atom is 0.0826 e. The van der Waals surface area contributed by atoms with E-state index in [2.05, 4.69) is 4.98 Å². The smallest absolute Gasteiger partial charge is 0.0826 e. The van der Waals surface area contributed by atoms with E-state index in [1.165, 1.54) is 0 Å². The molecule has 3 nitrogen and oxygen atoms in total. The highest BCUT2D eigenvalue weighted by Gasteiger charge is 2.04. The largest absolute Gasteiger partial charge is 0.394 e. The van der Waals surface area contributed by atoms with Crippen LogP contribution in [-0.2, 0) is 6.42 Å². The summed E-state index contributed by atoms with van der Waals surface area (Å²) in [5, 5.41) is 17.9. The van der Waals surface area contributed by atoms with Crippen molar-refractivity contribution in [3.63, 3.8) is 0 Å². The van der Waals surface area contributed by atoms with Crippen LogP contribution in [0.5, 0.6) is 0 Å². The van der Waals surface area contributed by atoms with E-state index in [1.54, 1.807) is 0 Å². The molecular formula is C11H15NO2. The summed E-state index contributed by atoms with van der Waals surface area (Å²) in [5.74, 6) is 0. The third-order valence-corrected chi connectivity index (χ3v) is 1.82. The van der Waals surface area contributed by atoms with Crippen molar-refractivity contribution in [3.05, 3.63) is 35.7 Å². The summed E-state index contributed by atoms with van der Waals surface area (Å²) >= 11 is 0. The Kier molecular flexibility index (Phi) is 4.29. The minimum Gasteiger partial charge on any atom is -0.394 e. The molecule has 0 spiro atoms. The second kappa shape index (κ2) is 5.52. The fraction of sp³-hybridized carbons (Fsp3) is 0.364. The molecule has 0 aliphatic rings. The first-order chi connectivity index (χ1) is 6.76. The van der Waals surface area contributed by atoms with Gasteiger partial charge in [0, 0.05) is 12.1 Å². The Labute approximate surface area is 83.7 Å². The standard InChI is InChI=1S/C11H15NO2/c1-2-4-9-5-3-6-10(12-9)7-11(14)8-13/h2-6,11,13-14H,7-8H2,1H3/b4-2+. The van der Waals surface area contributed by atoms with Gasteiger partial charge in [0.25, 0.3) is 0 Å². The Morgan fingerprint density at radius 2 is 2.29 bits per heavy atom. The molecule has 1 aromatic heterocycles. The summed E-state index contributed by atoms with van der Waals surface area (Å²) in [4.78, 5) is 4.29. The molecule has 1 rings (SSSR count). The Balaban J connectivity index is 2.73. The normalized spacial score (nSPS) is 13.4. The molecule has 0 radical (unpaired) electrons. The molecule has 0 fully saturated rings. The summed E-state index contributed by atoms with van der Waals surface area (Å²) in [6.45, 7) is 1.70. The fourth-order valence-corrected chi connectivity index (χ4v) is 1.18. The zero-order valence-electron chi connectivity index (χ0n) is 8.22. The van der Waals surface area contributed by atoms with Gasteiger partial charge in [-0.1, -0.05) is 12.1 Å². The van der Waals surface area contributed by atoms with E-state index in [4.69, 9.17) is 5.11 Å². The van der Waals surface area contributed by atoms with Crippen molar-refractivity contribution in [1.82, 2.24) is 4.98 Å². The summed E-state index contributed by atoms with van der Waals surface area (Å²) < 4.78 is 0. The van der Waals surface area contributed by atoms with Crippen LogP contribution in [0.25, 0.3) is 6.08 Å². The van der Waals surface area contributed by atoms with Gasteiger partial charge in [0.2, 0.25) is 0 Å². The maximum absolute atomic E-state index is 9.22. The Hall–Kier alpha value is -1.19. The Bertz CT molecular complexity index is 310. The second-order valence-corrected chi connectivity index (χ2v) is 3.09. The third-order valence-electron chi connectivity index (χ3n) is 1.82. The fourth-order valence-electron chi connectivity index (χ4n) is 1.18. The van der Waals surface area contributed by atoms with Crippen molar-refractivity contribution >= 4 is 6.08 Å². The van der Waals surface area contributed by atoms with Gasteiger partial charge in [-0.05, 0) is 25.1 Å². The van der Waals surface area contributed by atoms with E-state index in [1.807, 2.05) is 37.3 Å². The lowest BCUT2D eigenvalue weighted by Crippen LogP contribution is -2.15. The van der Waals surface area contributed by atoms with Crippen molar-refractivity contribution < 1.29 is 10.2 Å². The lowest BCUT2D eigenvalue weighted by molar-refractivity contribution is 0.0947. The number of nitrogens with zero attached hydrogens (tertiary/aromatic N) is 1. The van der Waals surface area contributed by atoms with E-state index in [9.17, 15) is 5.11 Å². The molecule has 2 N–H and O–H groups in total. The van der Waals surface area contributed by atoms with E-state index in [-0.39, 0.29) is 6.61 Å². The zero-order valence-corrected chi connectivity index (χ0v) is 8.22. The average molecular weight is 193 g/mol. The molecule has 1 heterocycles. The second-order valence-electron chi connectivity index (χ2n) is 3.09. The average Bonchev–Trinajstić information content (AvgIpc) is 2.19. The molecule has 0 aliphatic carbocycles. The van der Waals surface area contributed by atoms with Crippen LogP contribution in [0.3, 0.4) is 0 Å². The molecule has 1 atom stereocenters. The van der Waals surface area contributed by atoms with E-state index < -0.39 is 6.10 Å². The van der Waals surface area contributed by atoms with Crippen molar-refractivity contribution in [1.29, 1.82) is 0 Å². The highest BCUT2D eigenvalue weighted by molar-refractivity contribution is 5.43. The van der Waals surface area contributed by atoms with Crippen molar-refractivity contribution in [3.8, 4) is 0 Å². The number of aromatic nitrogens is 1. The van der Waals surface area contributed by atoms with Crippen molar-refractivity contribution in [2.45, 2.75) is 19.4 Å². The number of aliphatic hydroxyl groups excluding tert-OH is 2. The number of allylic oxidation sites excluding steroid dienone is 1. The van der Waals surface area contributed by atoms with Crippen molar-refractivity contribution in [2.75, 3.05) is 6.61 Å². The van der Waals surface area contributed by atoms with Gasteiger partial charge in [-0.25, -0.2) is 0 Å². The summed E-state index contributed by atoms with van der Waals surface area (Å²) in [5.41, 5.74) is 1.66. The minimum atomic E-state index is -0.719. The van der Waals surface area contributed by atoms with Gasteiger partial charge < -0.3 is 10.2 Å². The first-order valence-corrected chi connectivity index (χ1v) is 4.64. The molecule has 0 amide bonds. The molecule has 0 bridgehead atoms. The summed E-state index contributed by atoms with van der Waals surface area (Å²) in [6.07, 6.45) is 3.48. The Morgan fingerprint density at radius 1 is 1.50 bits per heavy atom. The van der Waals surface area contributed by atoms with E-state index in [0.717, 1.165) is 11.4 Å². The van der Waals surface area contributed by atoms with Crippen LogP contribution in [0.4, 0.5) is 0 Å². The zero-order chi connectivity index (χ0) is 10.4. The first-order valence-electron chi connectivity index (χ1n) is 4.64. The molecule has 76 valence electrons. The van der Waals surface area contributed by atoms with Crippen LogP contribution in [-0.4, -0.2) is 27.9 Å². The topological polar surface area (TPSA) is 53.4 Å². The Morgan fingerprint density at radius 3 is 2.93 bits per heavy atom. The molecule has 1 aromatic rings. The molecular weight excluding hydrogens is 178 g/mol. The van der Waals surface area contributed by atoms with Crippen LogP contribution in [0.15, 0.2) is 24.3 Å². The van der Waals surface area contributed by atoms with Gasteiger partial charge in [-0.2, -0.15) is 0 Å². The molecule has 3 heteroatoms. The van der Waals surface area contributed by atoms with Crippen molar-refractivity contribution in [2.24, 2.45) is 0 Å². The van der Waals surface area contributed by atoms with Crippen LogP contribution >= 0.6 is 0 Å². The van der Waals surface area contributed by atoms with Gasteiger partial charge in [-0.15, -0.1) is 0 Å². The molecule has 0 saturated carbocycles. The lowest BCUT2D eigenvalue weighted by Gasteiger charge is -2.06. The monoisotopic (exact) mass is 193 g/mol. The third kappa shape index (κ3) is 3.28. The molecule has 0 aromatic carbocycles. The highest BCUT2D eigenvalue weighted by atomic mass is 16.3. The number of hydrogen-bond donors (Lipinski definition) is 2. The van der Waals surface area contributed by atoms with Gasteiger partial charge in [0.05, 0.1) is 18.4 Å². The van der Waals surface area contributed by atoms with Crippen LogP contribution in [0.2, 0.25) is 0 Å². The summed E-state index contributed by atoms with van der Waals surface area (Å²) in [7, 11) is 0. The van der Waals surface area contributed by atoms with E-state index >= 15 is 0 Å². The van der Waals surface area contributed by atoms with Gasteiger partial charge >= 0.3 is 0 Å². The molecule has 0 aliphatic heterocycles. The molecule has 0 saturated heterocycles. The van der Waals surface area contributed by atoms with Crippen LogP contribution < -0.4 is 0 Å². The van der Waals surface area contributed by atoms with Gasteiger partial charge in [0.15, 0.2) is 0 Å². The SMILES string of the molecule is C/C=C/c1cccc(CC(O)CO)n1. The predicted molar refractivity (Wildman–Crippen MR) is 55.7 cm³/mol. The highest BCUT2D eigenvalue weighted by Crippen LogP contribution is 2.04. The molecule has 14 heavy (non-hydrogen) atoms. The summed E-state index contributed by atoms with van der Waals surface area (Å²) in [6, 6.07) is 5.63. The van der Waals surface area contributed by atoms with Crippen LogP contribution in [0.1, 0.15) is 18.3 Å². The number of pyridine rings is 1. The molecule has 1 unspecified atom stereocenters. The number of rotatable bonds is 4. The van der Waals surface area contributed by atoms with Crippen LogP contribution in [0, 0.1) is 0 Å². The first kappa shape index (κ1) is 10.9. The minimum absolute atomic E-state index is 0.227. The quantitative estimate of drug-likeness (QED) is 0.750. The van der Waals surface area contributed by atoms with Gasteiger partial charge in [0.1, 0.15) is 0 Å². The lowest BCUT2D eigenvalue weighted by atomic mass is 10.2. The predicted octanol–water partition coefficient (Wildman–Crippen LogP) is 1.01. The van der Waals surface area contributed by atoms with Gasteiger partial charge in [-0.3, -0.25) is 4.98 Å². The number of aliphatic hydroxyl groups is 2.